The van der Waals surface area contributed by atoms with E-state index in [4.69, 9.17) is 0 Å². The van der Waals surface area contributed by atoms with E-state index < -0.39 is 21.9 Å². The number of nitrogens with one attached hydrogen (secondary N) is 1. The molecule has 21 heavy (non-hydrogen) atoms. The molecule has 122 valence electrons. The summed E-state index contributed by atoms with van der Waals surface area (Å²) in [5.41, 5.74) is 0. The molecule has 0 saturated carbocycles. The fourth-order valence-electron chi connectivity index (χ4n) is 2.43. The van der Waals surface area contributed by atoms with Crippen molar-refractivity contribution in [2.45, 2.75) is 52.6 Å². The molecule has 0 aliphatic carbocycles. The Morgan fingerprint density at radius 2 is 1.86 bits per heavy atom. The van der Waals surface area contributed by atoms with Gasteiger partial charge >= 0.3 is 0 Å². The second-order valence-corrected chi connectivity index (χ2v) is 8.36. The molecule has 1 heterocycles. The second-order valence-electron chi connectivity index (χ2n) is 5.88. The highest BCUT2D eigenvalue weighted by atomic mass is 32.2. The Balaban J connectivity index is 2.93. The quantitative estimate of drug-likeness (QED) is 0.744. The van der Waals surface area contributed by atoms with E-state index in [1.54, 1.807) is 6.92 Å². The maximum Gasteiger partial charge on any atom is 0.245 e. The van der Waals surface area contributed by atoms with Crippen LogP contribution in [0.2, 0.25) is 0 Å². The minimum Gasteiger partial charge on any atom is -0.343 e. The predicted octanol–water partition coefficient (Wildman–Crippen LogP) is 0.573. The van der Waals surface area contributed by atoms with Crippen LogP contribution in [0, 0.1) is 5.92 Å². The molecule has 1 rings (SSSR count). The van der Waals surface area contributed by atoms with Crippen LogP contribution in [0.5, 0.6) is 0 Å². The van der Waals surface area contributed by atoms with E-state index in [0.29, 0.717) is 12.8 Å². The Hall–Kier alpha value is -1.11. The molecule has 0 aromatic carbocycles. The van der Waals surface area contributed by atoms with Gasteiger partial charge in [0.25, 0.3) is 0 Å². The van der Waals surface area contributed by atoms with Gasteiger partial charge in [-0.15, -0.1) is 0 Å². The molecular formula is C14H26N2O4S. The van der Waals surface area contributed by atoms with Gasteiger partial charge in [-0.25, -0.2) is 8.42 Å². The summed E-state index contributed by atoms with van der Waals surface area (Å²) in [6.07, 6.45) is 1.05. The van der Waals surface area contributed by atoms with Crippen molar-refractivity contribution in [2.75, 3.05) is 18.1 Å². The van der Waals surface area contributed by atoms with Crippen molar-refractivity contribution in [3.05, 3.63) is 0 Å². The summed E-state index contributed by atoms with van der Waals surface area (Å²) in [4.78, 5) is 26.1. The highest BCUT2D eigenvalue weighted by Crippen LogP contribution is 2.18. The van der Waals surface area contributed by atoms with Gasteiger partial charge in [0.1, 0.15) is 12.1 Å². The van der Waals surface area contributed by atoms with E-state index in [1.807, 2.05) is 20.8 Å². The third-order valence-electron chi connectivity index (χ3n) is 3.76. The van der Waals surface area contributed by atoms with Gasteiger partial charge in [0, 0.05) is 12.3 Å². The van der Waals surface area contributed by atoms with Crippen LogP contribution >= 0.6 is 0 Å². The van der Waals surface area contributed by atoms with Gasteiger partial charge in [-0.05, 0) is 18.8 Å². The maximum atomic E-state index is 12.4. The molecule has 1 saturated heterocycles. The van der Waals surface area contributed by atoms with E-state index in [9.17, 15) is 18.0 Å². The van der Waals surface area contributed by atoms with Crippen molar-refractivity contribution in [1.82, 2.24) is 10.2 Å². The van der Waals surface area contributed by atoms with Crippen LogP contribution in [0.25, 0.3) is 0 Å². The zero-order valence-electron chi connectivity index (χ0n) is 13.3. The molecule has 1 N–H and O–H groups in total. The number of carbonyl (C=O) groups excluding carboxylic acids is 2. The molecule has 0 spiro atoms. The largest absolute Gasteiger partial charge is 0.343 e. The Morgan fingerprint density at radius 3 is 2.33 bits per heavy atom. The normalized spacial score (nSPS) is 23.6. The SMILES string of the molecule is CCC1NC(=O)C(CC(C)C)N(CCS(=O)(=O)CC)C1=O. The van der Waals surface area contributed by atoms with E-state index in [-0.39, 0.29) is 35.8 Å². The van der Waals surface area contributed by atoms with E-state index >= 15 is 0 Å². The molecule has 1 fully saturated rings. The maximum absolute atomic E-state index is 12.4. The minimum absolute atomic E-state index is 0.0489. The first kappa shape index (κ1) is 17.9. The summed E-state index contributed by atoms with van der Waals surface area (Å²) in [5.74, 6) is -0.143. The molecule has 0 aromatic heterocycles. The van der Waals surface area contributed by atoms with Gasteiger partial charge in [0.2, 0.25) is 11.8 Å². The van der Waals surface area contributed by atoms with Gasteiger partial charge in [0.05, 0.1) is 5.75 Å². The van der Waals surface area contributed by atoms with E-state index in [0.717, 1.165) is 0 Å². The monoisotopic (exact) mass is 318 g/mol. The summed E-state index contributed by atoms with van der Waals surface area (Å²) in [7, 11) is -3.16. The number of piperazine rings is 1. The summed E-state index contributed by atoms with van der Waals surface area (Å²) in [6.45, 7) is 7.46. The number of amides is 2. The summed E-state index contributed by atoms with van der Waals surface area (Å²) in [6, 6.07) is -1.10. The van der Waals surface area contributed by atoms with E-state index in [1.165, 1.54) is 4.90 Å². The number of hydrogen-bond donors (Lipinski definition) is 1. The number of carbonyl (C=O) groups is 2. The third-order valence-corrected chi connectivity index (χ3v) is 5.45. The van der Waals surface area contributed by atoms with Gasteiger partial charge in [-0.2, -0.15) is 0 Å². The van der Waals surface area contributed by atoms with Crippen LogP contribution in [0.4, 0.5) is 0 Å². The van der Waals surface area contributed by atoms with Gasteiger partial charge in [0.15, 0.2) is 9.84 Å². The van der Waals surface area contributed by atoms with Crippen LogP contribution < -0.4 is 5.32 Å². The third kappa shape index (κ3) is 4.69. The van der Waals surface area contributed by atoms with Gasteiger partial charge in [-0.1, -0.05) is 27.7 Å². The Kier molecular flexibility index (Phi) is 6.19. The highest BCUT2D eigenvalue weighted by molar-refractivity contribution is 7.91. The van der Waals surface area contributed by atoms with Crippen molar-refractivity contribution in [1.29, 1.82) is 0 Å². The number of rotatable bonds is 7. The molecule has 7 heteroatoms. The average molecular weight is 318 g/mol. The first-order chi connectivity index (χ1) is 9.71. The average Bonchev–Trinajstić information content (AvgIpc) is 2.41. The molecule has 2 atom stereocenters. The van der Waals surface area contributed by atoms with Crippen molar-refractivity contribution >= 4 is 21.7 Å². The number of hydrogen-bond acceptors (Lipinski definition) is 4. The second kappa shape index (κ2) is 7.24. The van der Waals surface area contributed by atoms with Crippen LogP contribution in [-0.2, 0) is 19.4 Å². The van der Waals surface area contributed by atoms with Crippen LogP contribution in [0.1, 0.15) is 40.5 Å². The fourth-order valence-corrected chi connectivity index (χ4v) is 3.19. The van der Waals surface area contributed by atoms with Crippen LogP contribution in [-0.4, -0.2) is 55.3 Å². The zero-order valence-corrected chi connectivity index (χ0v) is 14.1. The summed E-state index contributed by atoms with van der Waals surface area (Å²) < 4.78 is 23.3. The lowest BCUT2D eigenvalue weighted by Gasteiger charge is -2.39. The number of nitrogens with zero attached hydrogens (tertiary/aromatic N) is 1. The molecule has 0 aromatic rings. The van der Waals surface area contributed by atoms with Crippen molar-refractivity contribution in [3.63, 3.8) is 0 Å². The van der Waals surface area contributed by atoms with E-state index in [2.05, 4.69) is 5.32 Å². The smallest absolute Gasteiger partial charge is 0.245 e. The standard InChI is InChI=1S/C14H26N2O4S/c1-5-11-14(18)16(7-8-21(19,20)6-2)12(9-10(3)4)13(17)15-11/h10-12H,5-9H2,1-4H3,(H,15,17). The van der Waals surface area contributed by atoms with Gasteiger partial charge in [-0.3, -0.25) is 9.59 Å². The fraction of sp³-hybridized carbons (Fsp3) is 0.857. The Bertz CT molecular complexity index is 487. The first-order valence-corrected chi connectivity index (χ1v) is 9.35. The molecular weight excluding hydrogens is 292 g/mol. The molecule has 1 aliphatic heterocycles. The summed E-state index contributed by atoms with van der Waals surface area (Å²) in [5, 5.41) is 2.73. The molecule has 6 nitrogen and oxygen atoms in total. The van der Waals surface area contributed by atoms with Crippen LogP contribution in [0.3, 0.4) is 0 Å². The molecule has 0 bridgehead atoms. The minimum atomic E-state index is -3.16. The van der Waals surface area contributed by atoms with Crippen molar-refractivity contribution in [2.24, 2.45) is 5.92 Å². The molecule has 2 amide bonds. The number of sulfone groups is 1. The summed E-state index contributed by atoms with van der Waals surface area (Å²) >= 11 is 0. The lowest BCUT2D eigenvalue weighted by atomic mass is 9.97. The topological polar surface area (TPSA) is 83.6 Å². The highest BCUT2D eigenvalue weighted by Gasteiger charge is 2.39. The molecule has 2 unspecified atom stereocenters. The lowest BCUT2D eigenvalue weighted by Crippen LogP contribution is -2.64. The predicted molar refractivity (Wildman–Crippen MR) is 81.5 cm³/mol. The van der Waals surface area contributed by atoms with Crippen molar-refractivity contribution < 1.29 is 18.0 Å². The lowest BCUT2D eigenvalue weighted by molar-refractivity contribution is -0.149. The molecule has 1 aliphatic rings. The Labute approximate surface area is 127 Å². The zero-order chi connectivity index (χ0) is 16.2. The first-order valence-electron chi connectivity index (χ1n) is 7.53. The van der Waals surface area contributed by atoms with Crippen LogP contribution in [0.15, 0.2) is 0 Å². The van der Waals surface area contributed by atoms with Gasteiger partial charge < -0.3 is 10.2 Å². The molecule has 0 radical (unpaired) electrons. The van der Waals surface area contributed by atoms with Crippen molar-refractivity contribution in [3.8, 4) is 0 Å². The Morgan fingerprint density at radius 1 is 1.24 bits per heavy atom.